The maximum atomic E-state index is 12.4. The van der Waals surface area contributed by atoms with Crippen molar-refractivity contribution in [2.45, 2.75) is 32.1 Å². The van der Waals surface area contributed by atoms with Gasteiger partial charge < -0.3 is 14.6 Å². The Hall–Kier alpha value is -2.35. The number of carbonyl (C=O) groups is 1. The van der Waals surface area contributed by atoms with Gasteiger partial charge in [0.05, 0.1) is 6.61 Å². The molecule has 1 saturated carbocycles. The summed E-state index contributed by atoms with van der Waals surface area (Å²) in [4.78, 5) is 29.3. The molecule has 1 aliphatic carbocycles. The summed E-state index contributed by atoms with van der Waals surface area (Å²) in [5, 5.41) is 8.22. The third kappa shape index (κ3) is 5.18. The fourth-order valence-electron chi connectivity index (χ4n) is 3.43. The number of rotatable bonds is 7. The summed E-state index contributed by atoms with van der Waals surface area (Å²) in [7, 11) is 0. The van der Waals surface area contributed by atoms with Crippen LogP contribution in [0.3, 0.4) is 0 Å². The zero-order chi connectivity index (χ0) is 20.1. The molecular formula is C21H26N4O3S. The number of nitrogens with one attached hydrogen (secondary N) is 1. The van der Waals surface area contributed by atoms with Gasteiger partial charge in [0.2, 0.25) is 5.91 Å². The molecule has 2 aliphatic rings. The number of hydrogen-bond donors (Lipinski definition) is 1. The van der Waals surface area contributed by atoms with Crippen LogP contribution < -0.4 is 10.3 Å². The van der Waals surface area contributed by atoms with Gasteiger partial charge in [0.1, 0.15) is 11.4 Å². The summed E-state index contributed by atoms with van der Waals surface area (Å²) < 4.78 is 5.80. The highest BCUT2D eigenvalue weighted by atomic mass is 32.2. The third-order valence-electron chi connectivity index (χ3n) is 5.54. The molecular weight excluding hydrogens is 388 g/mol. The molecule has 2 fully saturated rings. The standard InChI is InChI=1S/C21H26N4O3S/c26-19(25-10-12-29-13-11-25)9-8-18-21(27)22-20(24-23-18)16-4-6-17(7-5-16)28-14-15-2-1-3-15/h4-7,15H,1-3,8-14H2,(H,22,24,27). The van der Waals surface area contributed by atoms with Crippen molar-refractivity contribution in [3.05, 3.63) is 40.3 Å². The first-order valence-corrected chi connectivity index (χ1v) is 11.4. The van der Waals surface area contributed by atoms with Crippen LogP contribution in [0.15, 0.2) is 29.1 Å². The number of nitrogens with zero attached hydrogens (tertiary/aromatic N) is 3. The molecule has 1 aromatic heterocycles. The predicted octanol–water partition coefficient (Wildman–Crippen LogP) is 2.52. The zero-order valence-corrected chi connectivity index (χ0v) is 17.2. The van der Waals surface area contributed by atoms with Gasteiger partial charge in [-0.2, -0.15) is 11.8 Å². The molecule has 8 heteroatoms. The van der Waals surface area contributed by atoms with E-state index in [2.05, 4.69) is 15.2 Å². The van der Waals surface area contributed by atoms with Crippen LogP contribution in [0, 0.1) is 5.92 Å². The highest BCUT2D eigenvalue weighted by Crippen LogP contribution is 2.27. The van der Waals surface area contributed by atoms with Crippen molar-refractivity contribution >= 4 is 17.7 Å². The molecule has 1 saturated heterocycles. The summed E-state index contributed by atoms with van der Waals surface area (Å²) in [5.74, 6) is 3.96. The van der Waals surface area contributed by atoms with E-state index in [1.807, 2.05) is 40.9 Å². The van der Waals surface area contributed by atoms with Gasteiger partial charge in [-0.3, -0.25) is 9.59 Å². The summed E-state index contributed by atoms with van der Waals surface area (Å²) in [6, 6.07) is 7.51. The summed E-state index contributed by atoms with van der Waals surface area (Å²) in [6.07, 6.45) is 4.41. The predicted molar refractivity (Wildman–Crippen MR) is 113 cm³/mol. The minimum atomic E-state index is -0.290. The topological polar surface area (TPSA) is 88.2 Å². The number of benzene rings is 1. The Labute approximate surface area is 174 Å². The number of thioether (sulfide) groups is 1. The average Bonchev–Trinajstić information content (AvgIpc) is 2.72. The zero-order valence-electron chi connectivity index (χ0n) is 16.4. The van der Waals surface area contributed by atoms with Gasteiger partial charge in [-0.15, -0.1) is 10.2 Å². The molecule has 154 valence electrons. The van der Waals surface area contributed by atoms with Crippen LogP contribution in [0.25, 0.3) is 11.4 Å². The van der Waals surface area contributed by atoms with Crippen LogP contribution in [-0.2, 0) is 11.2 Å². The Morgan fingerprint density at radius 1 is 1.17 bits per heavy atom. The minimum absolute atomic E-state index is 0.0769. The third-order valence-corrected chi connectivity index (χ3v) is 6.48. The largest absolute Gasteiger partial charge is 0.493 e. The highest BCUT2D eigenvalue weighted by Gasteiger charge is 2.19. The molecule has 29 heavy (non-hydrogen) atoms. The second kappa shape index (κ2) is 9.43. The summed E-state index contributed by atoms with van der Waals surface area (Å²) in [5.41, 5.74) is 0.787. The van der Waals surface area contributed by atoms with Crippen LogP contribution in [0.2, 0.25) is 0 Å². The maximum Gasteiger partial charge on any atom is 0.273 e. The number of carbonyl (C=O) groups excluding carboxylic acids is 1. The fourth-order valence-corrected chi connectivity index (χ4v) is 4.34. The normalized spacial score (nSPS) is 17.0. The van der Waals surface area contributed by atoms with Gasteiger partial charge in [-0.1, -0.05) is 6.42 Å². The first-order valence-electron chi connectivity index (χ1n) is 10.2. The molecule has 2 aromatic rings. The van der Waals surface area contributed by atoms with Gasteiger partial charge in [-0.25, -0.2) is 0 Å². The number of ether oxygens (including phenoxy) is 1. The molecule has 1 aliphatic heterocycles. The minimum Gasteiger partial charge on any atom is -0.493 e. The van der Waals surface area contributed by atoms with Crippen molar-refractivity contribution < 1.29 is 9.53 Å². The van der Waals surface area contributed by atoms with E-state index in [1.165, 1.54) is 19.3 Å². The van der Waals surface area contributed by atoms with Crippen LogP contribution in [-0.4, -0.2) is 57.2 Å². The molecule has 0 radical (unpaired) electrons. The molecule has 1 N–H and O–H groups in total. The van der Waals surface area contributed by atoms with Crippen LogP contribution in [0.4, 0.5) is 0 Å². The van der Waals surface area contributed by atoms with Gasteiger partial charge in [0.25, 0.3) is 5.56 Å². The van der Waals surface area contributed by atoms with E-state index in [0.717, 1.165) is 42.5 Å². The molecule has 4 rings (SSSR count). The average molecular weight is 415 g/mol. The van der Waals surface area contributed by atoms with Crippen LogP contribution in [0.1, 0.15) is 31.4 Å². The lowest BCUT2D eigenvalue weighted by Crippen LogP contribution is -2.38. The molecule has 2 heterocycles. The fraction of sp³-hybridized carbons (Fsp3) is 0.524. The smallest absolute Gasteiger partial charge is 0.273 e. The van der Waals surface area contributed by atoms with Gasteiger partial charge >= 0.3 is 0 Å². The van der Waals surface area contributed by atoms with Gasteiger partial charge in [0, 0.05) is 43.0 Å². The Kier molecular flexibility index (Phi) is 6.49. The van der Waals surface area contributed by atoms with E-state index in [9.17, 15) is 9.59 Å². The van der Waals surface area contributed by atoms with Crippen LogP contribution >= 0.6 is 11.8 Å². The lowest BCUT2D eigenvalue weighted by Gasteiger charge is -2.26. The number of hydrogen-bond acceptors (Lipinski definition) is 6. The van der Waals surface area contributed by atoms with E-state index in [0.29, 0.717) is 23.9 Å². The number of aromatic amines is 1. The number of amides is 1. The van der Waals surface area contributed by atoms with Crippen molar-refractivity contribution in [3.63, 3.8) is 0 Å². The maximum absolute atomic E-state index is 12.4. The van der Waals surface area contributed by atoms with Crippen molar-refractivity contribution in [2.75, 3.05) is 31.2 Å². The Morgan fingerprint density at radius 2 is 1.93 bits per heavy atom. The molecule has 0 atom stereocenters. The quantitative estimate of drug-likeness (QED) is 0.749. The Bertz CT molecular complexity index is 890. The second-order valence-electron chi connectivity index (χ2n) is 7.57. The molecule has 0 unspecified atom stereocenters. The number of aryl methyl sites for hydroxylation is 1. The SMILES string of the molecule is O=C(CCc1nnc(-c2ccc(OCC3CCC3)cc2)[nH]c1=O)N1CCSCC1. The van der Waals surface area contributed by atoms with Crippen molar-refractivity contribution in [2.24, 2.45) is 5.92 Å². The molecule has 1 aromatic carbocycles. The first-order chi connectivity index (χ1) is 14.2. The van der Waals surface area contributed by atoms with E-state index >= 15 is 0 Å². The van der Waals surface area contributed by atoms with E-state index < -0.39 is 0 Å². The number of H-pyrrole nitrogens is 1. The highest BCUT2D eigenvalue weighted by molar-refractivity contribution is 7.99. The number of aromatic nitrogens is 3. The lowest BCUT2D eigenvalue weighted by molar-refractivity contribution is -0.130. The van der Waals surface area contributed by atoms with E-state index in [-0.39, 0.29) is 17.9 Å². The van der Waals surface area contributed by atoms with E-state index in [1.54, 1.807) is 0 Å². The van der Waals surface area contributed by atoms with Crippen molar-refractivity contribution in [1.82, 2.24) is 20.1 Å². The molecule has 1 amide bonds. The van der Waals surface area contributed by atoms with Crippen LogP contribution in [0.5, 0.6) is 5.75 Å². The van der Waals surface area contributed by atoms with E-state index in [4.69, 9.17) is 4.74 Å². The van der Waals surface area contributed by atoms with Gasteiger partial charge in [0.15, 0.2) is 5.82 Å². The Balaban J connectivity index is 1.33. The summed E-state index contributed by atoms with van der Waals surface area (Å²) >= 11 is 1.86. The molecule has 0 spiro atoms. The molecule has 7 nitrogen and oxygen atoms in total. The second-order valence-corrected chi connectivity index (χ2v) is 8.80. The van der Waals surface area contributed by atoms with Crippen molar-refractivity contribution in [3.8, 4) is 17.1 Å². The molecule has 0 bridgehead atoms. The van der Waals surface area contributed by atoms with Crippen molar-refractivity contribution in [1.29, 1.82) is 0 Å². The monoisotopic (exact) mass is 414 g/mol. The summed E-state index contributed by atoms with van der Waals surface area (Å²) in [6.45, 7) is 2.33. The first kappa shape index (κ1) is 19.9. The Morgan fingerprint density at radius 3 is 2.59 bits per heavy atom. The lowest BCUT2D eigenvalue weighted by atomic mass is 9.86. The van der Waals surface area contributed by atoms with Gasteiger partial charge in [-0.05, 0) is 43.0 Å².